The van der Waals surface area contributed by atoms with E-state index in [4.69, 9.17) is 4.74 Å². The van der Waals surface area contributed by atoms with Gasteiger partial charge in [-0.05, 0) is 67.8 Å². The third kappa shape index (κ3) is 3.78. The molecule has 1 aliphatic rings. The summed E-state index contributed by atoms with van der Waals surface area (Å²) in [5.41, 5.74) is 7.68. The molecule has 25 heavy (non-hydrogen) atoms. The Balaban J connectivity index is 2.00. The summed E-state index contributed by atoms with van der Waals surface area (Å²) in [6.45, 7) is 8.50. The van der Waals surface area contributed by atoms with Crippen LogP contribution in [0.15, 0.2) is 48.1 Å². The Hall–Kier alpha value is -2.10. The zero-order valence-electron chi connectivity index (χ0n) is 15.6. The molecular weight excluding hydrogens is 308 g/mol. The molecule has 1 unspecified atom stereocenters. The average molecular weight is 336 g/mol. The van der Waals surface area contributed by atoms with E-state index in [2.05, 4.69) is 73.6 Å². The molecule has 1 aromatic heterocycles. The summed E-state index contributed by atoms with van der Waals surface area (Å²) in [7, 11) is 1.74. The van der Waals surface area contributed by atoms with Crippen LogP contribution < -0.4 is 5.32 Å². The second kappa shape index (κ2) is 7.85. The number of H-pyrrole nitrogens is 1. The van der Waals surface area contributed by atoms with Crippen molar-refractivity contribution in [3.63, 3.8) is 0 Å². The van der Waals surface area contributed by atoms with E-state index >= 15 is 0 Å². The first-order valence-corrected chi connectivity index (χ1v) is 9.06. The van der Waals surface area contributed by atoms with E-state index in [0.717, 1.165) is 19.5 Å². The third-order valence-electron chi connectivity index (χ3n) is 4.92. The lowest BCUT2D eigenvalue weighted by Crippen LogP contribution is -2.16. The van der Waals surface area contributed by atoms with E-state index in [9.17, 15) is 0 Å². The molecule has 2 aromatic rings. The van der Waals surface area contributed by atoms with Crippen LogP contribution in [0.25, 0.3) is 16.5 Å². The lowest BCUT2D eigenvalue weighted by atomic mass is 9.97. The first kappa shape index (κ1) is 17.7. The van der Waals surface area contributed by atoms with Crippen molar-refractivity contribution in [2.24, 2.45) is 0 Å². The second-order valence-corrected chi connectivity index (χ2v) is 6.61. The molecule has 0 amide bonds. The minimum Gasteiger partial charge on any atom is -0.373 e. The smallest absolute Gasteiger partial charge is 0.0940 e. The molecule has 0 radical (unpaired) electrons. The first-order chi connectivity index (χ1) is 12.1. The zero-order valence-corrected chi connectivity index (χ0v) is 15.6. The highest BCUT2D eigenvalue weighted by Crippen LogP contribution is 2.30. The maximum atomic E-state index is 5.44. The maximum Gasteiger partial charge on any atom is 0.0940 e. The molecule has 0 saturated carbocycles. The summed E-state index contributed by atoms with van der Waals surface area (Å²) < 4.78 is 5.44. The summed E-state index contributed by atoms with van der Waals surface area (Å²) in [4.78, 5) is 3.53. The number of methoxy groups -OCH3 is 1. The van der Waals surface area contributed by atoms with Gasteiger partial charge in [0.15, 0.2) is 0 Å². The van der Waals surface area contributed by atoms with Crippen molar-refractivity contribution in [1.29, 1.82) is 0 Å². The molecule has 1 heterocycles. The summed E-state index contributed by atoms with van der Waals surface area (Å²) >= 11 is 0. The fraction of sp³-hybridized carbons (Fsp3) is 0.364. The zero-order chi connectivity index (χ0) is 17.8. The molecule has 0 fully saturated rings. The molecule has 1 aliphatic carbocycles. The van der Waals surface area contributed by atoms with Gasteiger partial charge >= 0.3 is 0 Å². The van der Waals surface area contributed by atoms with Crippen LogP contribution in [0.5, 0.6) is 0 Å². The number of benzene rings is 1. The number of aromatic amines is 1. The second-order valence-electron chi connectivity index (χ2n) is 6.61. The summed E-state index contributed by atoms with van der Waals surface area (Å²) in [6, 6.07) is 6.73. The van der Waals surface area contributed by atoms with Crippen LogP contribution in [0.1, 0.15) is 30.7 Å². The molecular formula is C22H28N2O. The van der Waals surface area contributed by atoms with Gasteiger partial charge in [-0.25, -0.2) is 0 Å². The highest BCUT2D eigenvalue weighted by molar-refractivity contribution is 5.90. The van der Waals surface area contributed by atoms with Gasteiger partial charge in [-0.2, -0.15) is 0 Å². The summed E-state index contributed by atoms with van der Waals surface area (Å²) in [5.74, 6) is 0. The quantitative estimate of drug-likeness (QED) is 0.760. The van der Waals surface area contributed by atoms with E-state index in [1.807, 2.05) is 0 Å². The number of nitrogens with one attached hydrogen (secondary N) is 2. The van der Waals surface area contributed by atoms with Gasteiger partial charge in [0, 0.05) is 23.7 Å². The highest BCUT2D eigenvalue weighted by Gasteiger charge is 2.12. The number of hydrogen-bond acceptors (Lipinski definition) is 2. The fourth-order valence-electron chi connectivity index (χ4n) is 3.46. The molecule has 3 heteroatoms. The van der Waals surface area contributed by atoms with Crippen molar-refractivity contribution in [2.75, 3.05) is 20.2 Å². The highest BCUT2D eigenvalue weighted by atomic mass is 16.5. The fourth-order valence-corrected chi connectivity index (χ4v) is 3.46. The van der Waals surface area contributed by atoms with Crippen LogP contribution in [0.3, 0.4) is 0 Å². The Labute approximate surface area is 150 Å². The summed E-state index contributed by atoms with van der Waals surface area (Å²) in [6.07, 6.45) is 9.63. The van der Waals surface area contributed by atoms with Gasteiger partial charge in [0.2, 0.25) is 0 Å². The van der Waals surface area contributed by atoms with Crippen molar-refractivity contribution in [3.8, 4) is 0 Å². The van der Waals surface area contributed by atoms with Gasteiger partial charge < -0.3 is 15.0 Å². The predicted octanol–water partition coefficient (Wildman–Crippen LogP) is 4.54. The molecule has 0 saturated heterocycles. The largest absolute Gasteiger partial charge is 0.373 e. The Bertz CT molecular complexity index is 839. The minimum atomic E-state index is 0.0429. The van der Waals surface area contributed by atoms with E-state index in [1.165, 1.54) is 38.9 Å². The number of fused-ring (bicyclic) bond motifs is 1. The lowest BCUT2D eigenvalue weighted by Gasteiger charge is -2.08. The molecule has 0 aliphatic heterocycles. The van der Waals surface area contributed by atoms with Gasteiger partial charge in [-0.3, -0.25) is 0 Å². The molecule has 1 atom stereocenters. The average Bonchev–Trinajstić information content (AvgIpc) is 2.80. The minimum absolute atomic E-state index is 0.0429. The monoisotopic (exact) mass is 336 g/mol. The number of aryl methyl sites for hydroxylation is 1. The van der Waals surface area contributed by atoms with E-state index in [0.29, 0.717) is 0 Å². The van der Waals surface area contributed by atoms with Crippen molar-refractivity contribution in [3.05, 3.63) is 64.9 Å². The molecule has 2 N–H and O–H groups in total. The van der Waals surface area contributed by atoms with Crippen molar-refractivity contribution in [1.82, 2.24) is 10.3 Å². The van der Waals surface area contributed by atoms with Crippen molar-refractivity contribution >= 4 is 16.5 Å². The number of allylic oxidation sites excluding steroid dienone is 4. The molecule has 1 aromatic carbocycles. The third-order valence-corrected chi connectivity index (χ3v) is 4.92. The van der Waals surface area contributed by atoms with Crippen LogP contribution in [-0.4, -0.2) is 31.3 Å². The maximum absolute atomic E-state index is 5.44. The molecule has 3 nitrogen and oxygen atoms in total. The van der Waals surface area contributed by atoms with Gasteiger partial charge in [0.25, 0.3) is 0 Å². The van der Waals surface area contributed by atoms with E-state index in [-0.39, 0.29) is 6.10 Å². The topological polar surface area (TPSA) is 37.0 Å². The van der Waals surface area contributed by atoms with Gasteiger partial charge in [0.1, 0.15) is 0 Å². The standard InChI is InChI=1S/C22H28N2O/c1-5-23-13-12-20-16(3)24-22-11-7-17(14-21(20)22)19-10-9-18(25-4)8-6-15(19)2/h6-11,14,18,23-24H,5,12-13H2,1-4H3. The number of ether oxygens (including phenoxy) is 1. The lowest BCUT2D eigenvalue weighted by molar-refractivity contribution is 0.178. The molecule has 0 spiro atoms. The number of hydrogen-bond donors (Lipinski definition) is 2. The van der Waals surface area contributed by atoms with Crippen molar-refractivity contribution in [2.45, 2.75) is 33.3 Å². The van der Waals surface area contributed by atoms with Crippen LogP contribution >= 0.6 is 0 Å². The predicted molar refractivity (Wildman–Crippen MR) is 107 cm³/mol. The Kier molecular flexibility index (Phi) is 5.57. The summed E-state index contributed by atoms with van der Waals surface area (Å²) in [5, 5.41) is 4.76. The van der Waals surface area contributed by atoms with Crippen LogP contribution in [0.2, 0.25) is 0 Å². The Morgan fingerprint density at radius 2 is 1.96 bits per heavy atom. The van der Waals surface area contributed by atoms with E-state index < -0.39 is 0 Å². The van der Waals surface area contributed by atoms with Gasteiger partial charge in [-0.15, -0.1) is 0 Å². The number of rotatable bonds is 6. The number of aromatic nitrogens is 1. The SMILES string of the molecule is CCNCCc1c(C)[nH]c2ccc(C3=C(C)C=CC(OC)C=C3)cc12. The van der Waals surface area contributed by atoms with Crippen molar-refractivity contribution < 1.29 is 4.74 Å². The van der Waals surface area contributed by atoms with E-state index in [1.54, 1.807) is 7.11 Å². The first-order valence-electron chi connectivity index (χ1n) is 9.06. The normalized spacial score (nSPS) is 17.5. The molecule has 132 valence electrons. The Morgan fingerprint density at radius 3 is 2.72 bits per heavy atom. The molecule has 3 rings (SSSR count). The Morgan fingerprint density at radius 1 is 1.16 bits per heavy atom. The number of likely N-dealkylation sites (N-methyl/N-ethyl adjacent to an activating group) is 1. The van der Waals surface area contributed by atoms with Gasteiger partial charge in [-0.1, -0.05) is 37.3 Å². The van der Waals surface area contributed by atoms with Gasteiger partial charge in [0.05, 0.1) is 6.10 Å². The van der Waals surface area contributed by atoms with Crippen LogP contribution in [0.4, 0.5) is 0 Å². The molecule has 0 bridgehead atoms. The van der Waals surface area contributed by atoms with Crippen LogP contribution in [-0.2, 0) is 11.2 Å². The van der Waals surface area contributed by atoms with Crippen LogP contribution in [0, 0.1) is 6.92 Å².